The van der Waals surface area contributed by atoms with Crippen molar-refractivity contribution in [3.8, 4) is 0 Å². The summed E-state index contributed by atoms with van der Waals surface area (Å²) in [6.45, 7) is 3.69. The normalized spacial score (nSPS) is 11.9. The van der Waals surface area contributed by atoms with Gasteiger partial charge in [0.15, 0.2) is 0 Å². The van der Waals surface area contributed by atoms with Crippen LogP contribution >= 0.6 is 34.8 Å². The van der Waals surface area contributed by atoms with Crippen LogP contribution in [0.25, 0.3) is 0 Å². The second-order valence-electron chi connectivity index (χ2n) is 10.9. The standard InChI is InChI=1S/C35H36Cl3N3O4S/c1-3-4-21-39-35(43)32(22-26-9-6-5-7-10-26)40(23-27-15-17-28(36)18-16-27)33(42)24-41(31-12-8-11-30(37)34(31)38)46(44,45)29-19-13-25(2)14-20-29/h5-20,32H,3-4,21-24H2,1-2H3,(H,39,43)/t32-/m0/s1. The number of carbonyl (C=O) groups excluding carboxylic acids is 2. The average Bonchev–Trinajstić information content (AvgIpc) is 3.04. The molecule has 7 nitrogen and oxygen atoms in total. The van der Waals surface area contributed by atoms with E-state index in [1.165, 1.54) is 29.2 Å². The highest BCUT2D eigenvalue weighted by atomic mass is 35.5. The zero-order valence-electron chi connectivity index (χ0n) is 25.6. The van der Waals surface area contributed by atoms with Crippen molar-refractivity contribution < 1.29 is 18.0 Å². The number of aryl methyl sites for hydroxylation is 1. The summed E-state index contributed by atoms with van der Waals surface area (Å²) in [4.78, 5) is 29.8. The fraction of sp³-hybridized carbons (Fsp3) is 0.257. The van der Waals surface area contributed by atoms with Crippen molar-refractivity contribution in [1.82, 2.24) is 10.2 Å². The van der Waals surface area contributed by atoms with Crippen LogP contribution in [0.15, 0.2) is 102 Å². The van der Waals surface area contributed by atoms with Crippen molar-refractivity contribution in [2.75, 3.05) is 17.4 Å². The number of sulfonamides is 1. The van der Waals surface area contributed by atoms with Gasteiger partial charge in [0.2, 0.25) is 11.8 Å². The number of carbonyl (C=O) groups is 2. The van der Waals surface area contributed by atoms with Crippen LogP contribution < -0.4 is 9.62 Å². The van der Waals surface area contributed by atoms with Crippen LogP contribution in [0.4, 0.5) is 5.69 Å². The lowest BCUT2D eigenvalue weighted by Gasteiger charge is -2.34. The number of nitrogens with zero attached hydrogens (tertiary/aromatic N) is 2. The lowest BCUT2D eigenvalue weighted by Crippen LogP contribution is -2.53. The highest BCUT2D eigenvalue weighted by molar-refractivity contribution is 7.92. The van der Waals surface area contributed by atoms with Crippen molar-refractivity contribution in [3.05, 3.63) is 129 Å². The molecule has 0 aliphatic rings. The number of anilines is 1. The number of amides is 2. The van der Waals surface area contributed by atoms with Gasteiger partial charge in [0.1, 0.15) is 12.6 Å². The van der Waals surface area contributed by atoms with E-state index >= 15 is 0 Å². The molecular weight excluding hydrogens is 665 g/mol. The molecule has 0 aliphatic carbocycles. The lowest BCUT2D eigenvalue weighted by molar-refractivity contribution is -0.140. The Morgan fingerprint density at radius 2 is 1.50 bits per heavy atom. The zero-order valence-corrected chi connectivity index (χ0v) is 28.7. The minimum absolute atomic E-state index is 0.0185. The van der Waals surface area contributed by atoms with Gasteiger partial charge >= 0.3 is 0 Å². The summed E-state index contributed by atoms with van der Waals surface area (Å²) in [6.07, 6.45) is 1.86. The van der Waals surface area contributed by atoms with Crippen molar-refractivity contribution >= 4 is 62.3 Å². The molecule has 46 heavy (non-hydrogen) atoms. The third kappa shape index (κ3) is 9.04. The van der Waals surface area contributed by atoms with Gasteiger partial charge in [-0.2, -0.15) is 0 Å². The first kappa shape index (κ1) is 35.3. The fourth-order valence-corrected chi connectivity index (χ4v) is 6.88. The highest BCUT2D eigenvalue weighted by Gasteiger charge is 2.35. The Hall–Kier alpha value is -3.56. The van der Waals surface area contributed by atoms with E-state index in [4.69, 9.17) is 34.8 Å². The van der Waals surface area contributed by atoms with Crippen LogP contribution in [0.2, 0.25) is 15.1 Å². The molecule has 0 aliphatic heterocycles. The van der Waals surface area contributed by atoms with Gasteiger partial charge < -0.3 is 10.2 Å². The van der Waals surface area contributed by atoms with Gasteiger partial charge in [-0.1, -0.05) is 114 Å². The topological polar surface area (TPSA) is 86.8 Å². The molecule has 0 aromatic heterocycles. The molecule has 4 aromatic rings. The number of hydrogen-bond donors (Lipinski definition) is 1. The molecule has 0 bridgehead atoms. The molecular formula is C35H36Cl3N3O4S. The molecule has 0 radical (unpaired) electrons. The minimum Gasteiger partial charge on any atom is -0.354 e. The van der Waals surface area contributed by atoms with Crippen molar-refractivity contribution in [1.29, 1.82) is 0 Å². The predicted octanol–water partition coefficient (Wildman–Crippen LogP) is 7.71. The molecule has 2 amide bonds. The first-order valence-electron chi connectivity index (χ1n) is 14.9. The van der Waals surface area contributed by atoms with E-state index in [1.807, 2.05) is 44.2 Å². The van der Waals surface area contributed by atoms with Crippen LogP contribution in [0.1, 0.15) is 36.5 Å². The van der Waals surface area contributed by atoms with Crippen LogP contribution in [0, 0.1) is 6.92 Å². The largest absolute Gasteiger partial charge is 0.354 e. The molecule has 0 spiro atoms. The number of hydrogen-bond acceptors (Lipinski definition) is 4. The Morgan fingerprint density at radius 3 is 2.15 bits per heavy atom. The third-order valence-electron chi connectivity index (χ3n) is 7.45. The Morgan fingerprint density at radius 1 is 0.826 bits per heavy atom. The molecule has 1 atom stereocenters. The quantitative estimate of drug-likeness (QED) is 0.137. The van der Waals surface area contributed by atoms with Gasteiger partial charge in [0.05, 0.1) is 20.6 Å². The van der Waals surface area contributed by atoms with Gasteiger partial charge in [-0.05, 0) is 60.9 Å². The number of rotatable bonds is 14. The van der Waals surface area contributed by atoms with E-state index in [0.29, 0.717) is 17.1 Å². The van der Waals surface area contributed by atoms with Crippen LogP contribution in [-0.2, 0) is 32.6 Å². The smallest absolute Gasteiger partial charge is 0.264 e. The summed E-state index contributed by atoms with van der Waals surface area (Å²) in [7, 11) is -4.31. The van der Waals surface area contributed by atoms with E-state index in [2.05, 4.69) is 5.32 Å². The summed E-state index contributed by atoms with van der Waals surface area (Å²) in [6, 6.07) is 26.3. The second kappa shape index (κ2) is 16.3. The van der Waals surface area contributed by atoms with E-state index < -0.39 is 28.5 Å². The van der Waals surface area contributed by atoms with Crippen LogP contribution in [0.3, 0.4) is 0 Å². The Balaban J connectivity index is 1.81. The summed E-state index contributed by atoms with van der Waals surface area (Å²) in [5, 5.41) is 3.60. The molecule has 11 heteroatoms. The third-order valence-corrected chi connectivity index (χ3v) is 10.3. The van der Waals surface area contributed by atoms with Gasteiger partial charge in [-0.3, -0.25) is 13.9 Å². The van der Waals surface area contributed by atoms with Crippen molar-refractivity contribution in [3.63, 3.8) is 0 Å². The van der Waals surface area contributed by atoms with E-state index in [0.717, 1.165) is 28.3 Å². The molecule has 0 heterocycles. The SMILES string of the molecule is CCCCNC(=O)[C@H](Cc1ccccc1)N(Cc1ccc(Cl)cc1)C(=O)CN(c1cccc(Cl)c1Cl)S(=O)(=O)c1ccc(C)cc1. The maximum absolute atomic E-state index is 14.5. The minimum atomic E-state index is -4.31. The van der Waals surface area contributed by atoms with Crippen molar-refractivity contribution in [2.24, 2.45) is 0 Å². The van der Waals surface area contributed by atoms with Crippen LogP contribution in [-0.4, -0.2) is 44.3 Å². The van der Waals surface area contributed by atoms with Crippen LogP contribution in [0.5, 0.6) is 0 Å². The summed E-state index contributed by atoms with van der Waals surface area (Å²) < 4.78 is 29.3. The monoisotopic (exact) mass is 699 g/mol. The molecule has 242 valence electrons. The number of halogens is 3. The van der Waals surface area contributed by atoms with Gasteiger partial charge in [0.25, 0.3) is 10.0 Å². The zero-order chi connectivity index (χ0) is 33.3. The molecule has 0 unspecified atom stereocenters. The Bertz CT molecular complexity index is 1740. The number of unbranched alkanes of at least 4 members (excludes halogenated alkanes) is 1. The maximum Gasteiger partial charge on any atom is 0.264 e. The number of nitrogens with one attached hydrogen (secondary N) is 1. The van der Waals surface area contributed by atoms with Gasteiger partial charge in [-0.25, -0.2) is 8.42 Å². The molecule has 0 saturated carbocycles. The fourth-order valence-electron chi connectivity index (χ4n) is 4.88. The second-order valence-corrected chi connectivity index (χ2v) is 14.0. The molecule has 0 saturated heterocycles. The Kier molecular flexibility index (Phi) is 12.5. The lowest BCUT2D eigenvalue weighted by atomic mass is 10.0. The summed E-state index contributed by atoms with van der Waals surface area (Å²) >= 11 is 19.0. The Labute approximate surface area is 286 Å². The van der Waals surface area contributed by atoms with Gasteiger partial charge in [0, 0.05) is 24.5 Å². The average molecular weight is 701 g/mol. The molecule has 4 rings (SSSR count). The van der Waals surface area contributed by atoms with E-state index in [1.54, 1.807) is 42.5 Å². The van der Waals surface area contributed by atoms with Crippen molar-refractivity contribution in [2.45, 2.75) is 50.6 Å². The predicted molar refractivity (Wildman–Crippen MR) is 186 cm³/mol. The molecule has 4 aromatic carbocycles. The first-order chi connectivity index (χ1) is 22.0. The summed E-state index contributed by atoms with van der Waals surface area (Å²) in [5.74, 6) is -0.943. The van der Waals surface area contributed by atoms with E-state index in [-0.39, 0.29) is 39.5 Å². The van der Waals surface area contributed by atoms with Gasteiger partial charge in [-0.15, -0.1) is 0 Å². The highest BCUT2D eigenvalue weighted by Crippen LogP contribution is 2.35. The maximum atomic E-state index is 14.5. The number of benzene rings is 4. The first-order valence-corrected chi connectivity index (χ1v) is 17.5. The summed E-state index contributed by atoms with van der Waals surface area (Å²) in [5.41, 5.74) is 2.47. The molecule has 0 fully saturated rings. The molecule has 1 N–H and O–H groups in total. The van der Waals surface area contributed by atoms with E-state index in [9.17, 15) is 18.0 Å².